The molecule has 1 unspecified atom stereocenters. The summed E-state index contributed by atoms with van der Waals surface area (Å²) in [5, 5.41) is 11.1. The molecule has 1 amide bonds. The summed E-state index contributed by atoms with van der Waals surface area (Å²) in [6.07, 6.45) is 0. The predicted octanol–water partition coefficient (Wildman–Crippen LogP) is 5.49. The summed E-state index contributed by atoms with van der Waals surface area (Å²) in [6.45, 7) is 5.55. The van der Waals surface area contributed by atoms with Gasteiger partial charge in [-0.25, -0.2) is 0 Å². The van der Waals surface area contributed by atoms with E-state index in [1.54, 1.807) is 31.2 Å². The van der Waals surface area contributed by atoms with Gasteiger partial charge in [-0.1, -0.05) is 23.2 Å². The Hall–Kier alpha value is -3.04. The third-order valence-corrected chi connectivity index (χ3v) is 4.94. The number of halogens is 2. The van der Waals surface area contributed by atoms with E-state index in [2.05, 4.69) is 15.5 Å². The average molecular weight is 498 g/mol. The fourth-order valence-corrected chi connectivity index (χ4v) is 3.32. The fraction of sp³-hybridized carbons (Fsp3) is 0.364. The van der Waals surface area contributed by atoms with Gasteiger partial charge in [0.1, 0.15) is 27.9 Å². The summed E-state index contributed by atoms with van der Waals surface area (Å²) in [6, 6.07) is 4.83. The van der Waals surface area contributed by atoms with Gasteiger partial charge in [0.05, 0.1) is 32.5 Å². The lowest BCUT2D eigenvalue weighted by atomic mass is 10.2. The van der Waals surface area contributed by atoms with Gasteiger partial charge in [0.25, 0.3) is 5.91 Å². The van der Waals surface area contributed by atoms with Gasteiger partial charge in [0, 0.05) is 0 Å². The summed E-state index contributed by atoms with van der Waals surface area (Å²) < 4.78 is 21.6. The van der Waals surface area contributed by atoms with E-state index in [1.807, 2.05) is 6.92 Å². The molecular weight excluding hydrogens is 473 g/mol. The molecule has 0 radical (unpaired) electrons. The number of anilines is 1. The lowest BCUT2D eigenvalue weighted by Crippen LogP contribution is -2.32. The van der Waals surface area contributed by atoms with Crippen LogP contribution in [-0.4, -0.2) is 45.2 Å². The Labute approximate surface area is 202 Å². The quantitative estimate of drug-likeness (QED) is 0.324. The fourth-order valence-electron chi connectivity index (χ4n) is 2.81. The van der Waals surface area contributed by atoms with Crippen molar-refractivity contribution in [2.45, 2.75) is 26.8 Å². The van der Waals surface area contributed by atoms with Crippen LogP contribution in [0.1, 0.15) is 20.8 Å². The number of nitrogens with zero attached hydrogens (tertiary/aromatic N) is 2. The summed E-state index contributed by atoms with van der Waals surface area (Å²) in [5.41, 5.74) is 0.403. The van der Waals surface area contributed by atoms with E-state index >= 15 is 0 Å². The van der Waals surface area contributed by atoms with Gasteiger partial charge in [-0.3, -0.25) is 9.59 Å². The molecule has 2 aromatic rings. The normalized spacial score (nSPS) is 11.7. The Bertz CT molecular complexity index is 1050. The maximum Gasteiger partial charge on any atom is 0.259 e. The maximum atomic E-state index is 12.9. The predicted molar refractivity (Wildman–Crippen MR) is 126 cm³/mol. The molecule has 2 aromatic carbocycles. The van der Waals surface area contributed by atoms with E-state index in [0.29, 0.717) is 24.7 Å². The molecule has 0 aromatic heterocycles. The first-order valence-electron chi connectivity index (χ1n) is 9.99. The summed E-state index contributed by atoms with van der Waals surface area (Å²) in [7, 11) is 2.81. The van der Waals surface area contributed by atoms with Gasteiger partial charge in [0.2, 0.25) is 6.04 Å². The number of rotatable bonds is 11. The van der Waals surface area contributed by atoms with Crippen molar-refractivity contribution in [1.82, 2.24) is 0 Å². The van der Waals surface area contributed by atoms with Crippen LogP contribution in [0.5, 0.6) is 23.0 Å². The number of ketones is 1. The molecule has 0 saturated carbocycles. The number of methoxy groups -OCH3 is 2. The minimum absolute atomic E-state index is 0.165. The zero-order valence-electron chi connectivity index (χ0n) is 18.9. The van der Waals surface area contributed by atoms with E-state index < -0.39 is 17.7 Å². The number of amides is 1. The number of nitrogens with one attached hydrogen (secondary N) is 1. The van der Waals surface area contributed by atoms with Gasteiger partial charge in [-0.2, -0.15) is 10.2 Å². The average Bonchev–Trinajstić information content (AvgIpc) is 2.78. The molecule has 0 heterocycles. The lowest BCUT2D eigenvalue weighted by Gasteiger charge is -2.17. The van der Waals surface area contributed by atoms with Crippen molar-refractivity contribution in [2.24, 2.45) is 10.2 Å². The smallest absolute Gasteiger partial charge is 0.259 e. The Kier molecular flexibility index (Phi) is 9.74. The lowest BCUT2D eigenvalue weighted by molar-refractivity contribution is -0.126. The summed E-state index contributed by atoms with van der Waals surface area (Å²) in [5.74, 6) is -0.162. The van der Waals surface area contributed by atoms with Crippen LogP contribution in [-0.2, 0) is 9.59 Å². The van der Waals surface area contributed by atoms with E-state index in [9.17, 15) is 9.59 Å². The first kappa shape index (κ1) is 26.2. The zero-order valence-corrected chi connectivity index (χ0v) is 20.4. The van der Waals surface area contributed by atoms with Crippen molar-refractivity contribution in [1.29, 1.82) is 0 Å². The van der Waals surface area contributed by atoms with Gasteiger partial charge in [-0.15, -0.1) is 0 Å². The van der Waals surface area contributed by atoms with Crippen molar-refractivity contribution in [3.8, 4) is 23.0 Å². The van der Waals surface area contributed by atoms with Crippen molar-refractivity contribution in [2.75, 3.05) is 32.8 Å². The SMILES string of the molecule is CCOc1ccc(N=NC(C(C)=O)C(=O)Nc2c(OC)ccc(Cl)c2OC)c(OCC)c1Cl. The van der Waals surface area contributed by atoms with Crippen molar-refractivity contribution in [3.63, 3.8) is 0 Å². The molecule has 2 rings (SSSR count). The molecule has 0 aliphatic heterocycles. The van der Waals surface area contributed by atoms with Gasteiger partial charge >= 0.3 is 0 Å². The van der Waals surface area contributed by atoms with E-state index in [4.69, 9.17) is 42.1 Å². The van der Waals surface area contributed by atoms with Gasteiger partial charge in [-0.05, 0) is 45.0 Å². The van der Waals surface area contributed by atoms with E-state index in [-0.39, 0.29) is 32.9 Å². The number of hydrogen-bond acceptors (Lipinski definition) is 8. The minimum Gasteiger partial charge on any atom is -0.494 e. The summed E-state index contributed by atoms with van der Waals surface area (Å²) >= 11 is 12.5. The summed E-state index contributed by atoms with van der Waals surface area (Å²) in [4.78, 5) is 25.1. The van der Waals surface area contributed by atoms with E-state index in [1.165, 1.54) is 21.1 Å². The number of carbonyl (C=O) groups is 2. The largest absolute Gasteiger partial charge is 0.494 e. The Morgan fingerprint density at radius 2 is 1.64 bits per heavy atom. The Balaban J connectivity index is 2.40. The second-order valence-electron chi connectivity index (χ2n) is 6.47. The van der Waals surface area contributed by atoms with Crippen LogP contribution in [0.15, 0.2) is 34.5 Å². The first-order chi connectivity index (χ1) is 15.8. The molecule has 178 valence electrons. The highest BCUT2D eigenvalue weighted by atomic mass is 35.5. The van der Waals surface area contributed by atoms with Crippen LogP contribution in [0.25, 0.3) is 0 Å². The van der Waals surface area contributed by atoms with Crippen molar-refractivity contribution in [3.05, 3.63) is 34.3 Å². The van der Waals surface area contributed by atoms with Gasteiger partial charge < -0.3 is 24.3 Å². The molecule has 0 aliphatic rings. The van der Waals surface area contributed by atoms with Crippen LogP contribution in [0, 0.1) is 0 Å². The first-order valence-corrected chi connectivity index (χ1v) is 10.7. The Morgan fingerprint density at radius 1 is 0.970 bits per heavy atom. The van der Waals surface area contributed by atoms with Crippen LogP contribution >= 0.6 is 23.2 Å². The van der Waals surface area contributed by atoms with Crippen LogP contribution in [0.4, 0.5) is 11.4 Å². The molecule has 0 aliphatic carbocycles. The number of Topliss-reactive ketones (excluding diaryl/α,β-unsaturated/α-hetero) is 1. The van der Waals surface area contributed by atoms with Crippen LogP contribution < -0.4 is 24.3 Å². The number of hydrogen-bond donors (Lipinski definition) is 1. The molecule has 0 bridgehead atoms. The minimum atomic E-state index is -1.46. The molecule has 33 heavy (non-hydrogen) atoms. The Morgan fingerprint density at radius 3 is 2.21 bits per heavy atom. The number of carbonyl (C=O) groups excluding carboxylic acids is 2. The number of ether oxygens (including phenoxy) is 4. The van der Waals surface area contributed by atoms with E-state index in [0.717, 1.165) is 0 Å². The molecule has 0 saturated heterocycles. The van der Waals surface area contributed by atoms with Crippen molar-refractivity contribution < 1.29 is 28.5 Å². The molecule has 1 N–H and O–H groups in total. The molecule has 9 nitrogen and oxygen atoms in total. The second kappa shape index (κ2) is 12.3. The molecule has 0 spiro atoms. The highest BCUT2D eigenvalue weighted by Gasteiger charge is 2.27. The highest BCUT2D eigenvalue weighted by molar-refractivity contribution is 6.34. The third-order valence-electron chi connectivity index (χ3n) is 4.29. The number of benzene rings is 2. The third kappa shape index (κ3) is 6.27. The standard InChI is InChI=1S/C22H25Cl2N3O6/c1-6-32-15-11-9-14(21(17(15)24)33-7-2)26-27-18(12(3)28)22(29)25-19-16(30-4)10-8-13(23)20(19)31-5/h8-11,18H,6-7H2,1-5H3,(H,25,29). The molecule has 0 fully saturated rings. The molecular formula is C22H25Cl2N3O6. The topological polar surface area (TPSA) is 108 Å². The molecule has 1 atom stereocenters. The van der Waals surface area contributed by atoms with Crippen molar-refractivity contribution >= 4 is 46.3 Å². The maximum absolute atomic E-state index is 12.9. The second-order valence-corrected chi connectivity index (χ2v) is 7.25. The van der Waals surface area contributed by atoms with Crippen LogP contribution in [0.2, 0.25) is 10.0 Å². The van der Waals surface area contributed by atoms with Crippen LogP contribution in [0.3, 0.4) is 0 Å². The highest BCUT2D eigenvalue weighted by Crippen LogP contribution is 2.42. The molecule has 11 heteroatoms. The monoisotopic (exact) mass is 497 g/mol. The van der Waals surface area contributed by atoms with Gasteiger partial charge in [0.15, 0.2) is 17.3 Å². The number of azo groups is 1. The zero-order chi connectivity index (χ0) is 24.5.